The number of aromatic nitrogens is 2. The Morgan fingerprint density at radius 1 is 1.33 bits per heavy atom. The summed E-state index contributed by atoms with van der Waals surface area (Å²) in [5, 5.41) is 4.22. The molecule has 0 unspecified atom stereocenters. The molecule has 1 rings (SSSR count). The molecule has 0 fully saturated rings. The lowest BCUT2D eigenvalue weighted by molar-refractivity contribution is 0.136. The van der Waals surface area contributed by atoms with Crippen molar-refractivity contribution in [2.75, 3.05) is 26.3 Å². The van der Waals surface area contributed by atoms with Crippen LogP contribution in [0.5, 0.6) is 0 Å². The van der Waals surface area contributed by atoms with E-state index in [1.807, 2.05) is 0 Å². The highest BCUT2D eigenvalue weighted by atomic mass is 32.2. The molecule has 0 bridgehead atoms. The molecular formula is C13H26N4O3S. The van der Waals surface area contributed by atoms with E-state index < -0.39 is 10.0 Å². The fourth-order valence-corrected chi connectivity index (χ4v) is 3.50. The van der Waals surface area contributed by atoms with Gasteiger partial charge in [0.15, 0.2) is 0 Å². The lowest BCUT2D eigenvalue weighted by Gasteiger charge is -2.08. The highest BCUT2D eigenvalue weighted by Gasteiger charge is 2.23. The average molecular weight is 318 g/mol. The van der Waals surface area contributed by atoms with Gasteiger partial charge in [0, 0.05) is 19.7 Å². The largest absolute Gasteiger partial charge is 0.380 e. The second kappa shape index (κ2) is 8.47. The lowest BCUT2D eigenvalue weighted by atomic mass is 10.4. The Kier molecular flexibility index (Phi) is 7.30. The van der Waals surface area contributed by atoms with Crippen LogP contribution in [-0.4, -0.2) is 44.5 Å². The molecule has 1 aromatic rings. The van der Waals surface area contributed by atoms with Crippen molar-refractivity contribution in [3.05, 3.63) is 11.4 Å². The molecule has 3 N–H and O–H groups in total. The van der Waals surface area contributed by atoms with Crippen molar-refractivity contribution < 1.29 is 13.2 Å². The molecule has 7 nitrogen and oxygen atoms in total. The highest BCUT2D eigenvalue weighted by Crippen LogP contribution is 2.18. The number of nitrogens with zero attached hydrogens (tertiary/aromatic N) is 2. The van der Waals surface area contributed by atoms with Crippen LogP contribution >= 0.6 is 0 Å². The van der Waals surface area contributed by atoms with E-state index in [1.165, 1.54) is 0 Å². The van der Waals surface area contributed by atoms with E-state index in [0.717, 1.165) is 12.8 Å². The minimum atomic E-state index is -3.57. The monoisotopic (exact) mass is 318 g/mol. The van der Waals surface area contributed by atoms with Crippen molar-refractivity contribution in [1.29, 1.82) is 0 Å². The van der Waals surface area contributed by atoms with Crippen molar-refractivity contribution in [1.82, 2.24) is 14.5 Å². The quantitative estimate of drug-likeness (QED) is 0.614. The summed E-state index contributed by atoms with van der Waals surface area (Å²) in [6, 6.07) is 0. The van der Waals surface area contributed by atoms with Gasteiger partial charge in [-0.3, -0.25) is 4.68 Å². The molecule has 0 radical (unpaired) electrons. The fourth-order valence-electron chi connectivity index (χ4n) is 2.08. The third-order valence-corrected chi connectivity index (χ3v) is 4.82. The first-order valence-corrected chi connectivity index (χ1v) is 8.73. The summed E-state index contributed by atoms with van der Waals surface area (Å²) in [5.74, 6) is 0. The van der Waals surface area contributed by atoms with Gasteiger partial charge in [-0.2, -0.15) is 5.10 Å². The van der Waals surface area contributed by atoms with Crippen molar-refractivity contribution in [3.8, 4) is 0 Å². The Labute approximate surface area is 126 Å². The van der Waals surface area contributed by atoms with Gasteiger partial charge in [0.05, 0.1) is 24.5 Å². The number of rotatable bonds is 10. The first-order valence-electron chi connectivity index (χ1n) is 7.25. The van der Waals surface area contributed by atoms with E-state index in [-0.39, 0.29) is 11.4 Å². The molecule has 0 aromatic carbocycles. The van der Waals surface area contributed by atoms with Crippen molar-refractivity contribution in [2.45, 2.75) is 45.1 Å². The number of hydrogen-bond donors (Lipinski definition) is 2. The molecule has 8 heteroatoms. The number of aryl methyl sites for hydroxylation is 1. The topological polar surface area (TPSA) is 99.2 Å². The number of sulfonamides is 1. The normalized spacial score (nSPS) is 12.0. The summed E-state index contributed by atoms with van der Waals surface area (Å²) < 4.78 is 34.2. The third-order valence-electron chi connectivity index (χ3n) is 3.11. The molecule has 1 aromatic heterocycles. The van der Waals surface area contributed by atoms with Gasteiger partial charge < -0.3 is 10.5 Å². The van der Waals surface area contributed by atoms with Crippen LogP contribution in [0.2, 0.25) is 0 Å². The van der Waals surface area contributed by atoms with Crippen molar-refractivity contribution in [3.63, 3.8) is 0 Å². The fraction of sp³-hybridized carbons (Fsp3) is 0.769. The van der Waals surface area contributed by atoms with E-state index in [1.54, 1.807) is 18.5 Å². The van der Waals surface area contributed by atoms with Gasteiger partial charge in [0.25, 0.3) is 0 Å². The van der Waals surface area contributed by atoms with E-state index in [4.69, 9.17) is 10.5 Å². The number of ether oxygens (including phenoxy) is 1. The average Bonchev–Trinajstić information content (AvgIpc) is 2.69. The molecule has 0 atom stereocenters. The van der Waals surface area contributed by atoms with Crippen LogP contribution in [0.25, 0.3) is 0 Å². The summed E-state index contributed by atoms with van der Waals surface area (Å²) in [6.45, 7) is 7.71. The van der Waals surface area contributed by atoms with Gasteiger partial charge in [0.1, 0.15) is 4.90 Å². The molecule has 0 aliphatic heterocycles. The first kappa shape index (κ1) is 18.1. The van der Waals surface area contributed by atoms with Gasteiger partial charge in [-0.05, 0) is 20.3 Å². The molecule has 0 spiro atoms. The van der Waals surface area contributed by atoms with Gasteiger partial charge in [0.2, 0.25) is 10.0 Å². The number of nitrogens with two attached hydrogens (primary N) is 1. The Bertz CT molecular complexity index is 540. The summed E-state index contributed by atoms with van der Waals surface area (Å²) in [4.78, 5) is 0.240. The number of nitrogens with one attached hydrogen (secondary N) is 1. The Balaban J connectivity index is 2.66. The summed E-state index contributed by atoms with van der Waals surface area (Å²) >= 11 is 0. The molecule has 0 saturated carbocycles. The van der Waals surface area contributed by atoms with E-state index >= 15 is 0 Å². The minimum Gasteiger partial charge on any atom is -0.380 e. The predicted octanol–water partition coefficient (Wildman–Crippen LogP) is 0.554. The van der Waals surface area contributed by atoms with Gasteiger partial charge in [-0.15, -0.1) is 0 Å². The van der Waals surface area contributed by atoms with Crippen LogP contribution in [0.3, 0.4) is 0 Å². The second-order valence-corrected chi connectivity index (χ2v) is 6.58. The van der Waals surface area contributed by atoms with E-state index in [2.05, 4.69) is 16.7 Å². The molecule has 0 amide bonds. The zero-order valence-electron chi connectivity index (χ0n) is 13.1. The molecule has 0 aliphatic carbocycles. The third kappa shape index (κ3) is 5.06. The summed E-state index contributed by atoms with van der Waals surface area (Å²) in [5.41, 5.74) is 6.59. The number of hydrogen-bond acceptors (Lipinski definition) is 5. The zero-order valence-corrected chi connectivity index (χ0v) is 13.9. The predicted molar refractivity (Wildman–Crippen MR) is 81.7 cm³/mol. The SMILES string of the molecule is CCCCOCCNS(=O)(=O)c1c(C)nn(CCN)c1C. The van der Waals surface area contributed by atoms with Crippen LogP contribution < -0.4 is 10.5 Å². The molecule has 122 valence electrons. The summed E-state index contributed by atoms with van der Waals surface area (Å²) in [6.07, 6.45) is 2.04. The van der Waals surface area contributed by atoms with Gasteiger partial charge >= 0.3 is 0 Å². The maximum Gasteiger partial charge on any atom is 0.244 e. The Hall–Kier alpha value is -0.960. The number of unbranched alkanes of at least 4 members (excludes halogenated alkanes) is 1. The zero-order chi connectivity index (χ0) is 15.9. The molecule has 0 saturated heterocycles. The Morgan fingerprint density at radius 2 is 2.05 bits per heavy atom. The maximum absolute atomic E-state index is 12.3. The van der Waals surface area contributed by atoms with E-state index in [9.17, 15) is 8.42 Å². The standard InChI is InChI=1S/C13H26N4O3S/c1-4-5-9-20-10-7-15-21(18,19)13-11(2)16-17(8-6-14)12(13)3/h15H,4-10,14H2,1-3H3. The summed E-state index contributed by atoms with van der Waals surface area (Å²) in [7, 11) is -3.57. The van der Waals surface area contributed by atoms with Crippen LogP contribution in [0.15, 0.2) is 4.90 Å². The maximum atomic E-state index is 12.3. The second-order valence-electron chi connectivity index (χ2n) is 4.88. The Morgan fingerprint density at radius 3 is 2.67 bits per heavy atom. The first-order chi connectivity index (χ1) is 9.94. The minimum absolute atomic E-state index is 0.240. The molecule has 1 heterocycles. The van der Waals surface area contributed by atoms with Crippen LogP contribution in [-0.2, 0) is 21.3 Å². The van der Waals surface area contributed by atoms with Crippen molar-refractivity contribution >= 4 is 10.0 Å². The molecule has 21 heavy (non-hydrogen) atoms. The smallest absolute Gasteiger partial charge is 0.244 e. The van der Waals surface area contributed by atoms with E-state index in [0.29, 0.717) is 37.7 Å². The van der Waals surface area contributed by atoms with Crippen molar-refractivity contribution in [2.24, 2.45) is 5.73 Å². The highest BCUT2D eigenvalue weighted by molar-refractivity contribution is 7.89. The molecular weight excluding hydrogens is 292 g/mol. The molecule has 0 aliphatic rings. The van der Waals surface area contributed by atoms with Crippen LogP contribution in [0, 0.1) is 13.8 Å². The van der Waals surface area contributed by atoms with Crippen LogP contribution in [0.1, 0.15) is 31.2 Å². The lowest BCUT2D eigenvalue weighted by Crippen LogP contribution is -2.28. The van der Waals surface area contributed by atoms with Gasteiger partial charge in [-0.25, -0.2) is 13.1 Å². The van der Waals surface area contributed by atoms with Gasteiger partial charge in [-0.1, -0.05) is 13.3 Å². The van der Waals surface area contributed by atoms with Crippen LogP contribution in [0.4, 0.5) is 0 Å².